The minimum atomic E-state index is -2.39. The molecule has 3 fully saturated rings. The number of ether oxygens (including phenoxy) is 1. The number of hydrogen-bond donors (Lipinski definition) is 1. The van der Waals surface area contributed by atoms with E-state index in [2.05, 4.69) is 6.92 Å². The lowest BCUT2D eigenvalue weighted by Gasteiger charge is -2.54. The molecule has 0 aliphatic heterocycles. The second kappa shape index (κ2) is 6.94. The Bertz CT molecular complexity index is 1030. The second-order valence-corrected chi connectivity index (χ2v) is 10.9. The van der Waals surface area contributed by atoms with Crippen molar-refractivity contribution in [2.24, 2.45) is 29.1 Å². The quantitative estimate of drug-likeness (QED) is 0.544. The van der Waals surface area contributed by atoms with Crippen LogP contribution in [-0.4, -0.2) is 34.3 Å². The fourth-order valence-corrected chi connectivity index (χ4v) is 7.99. The summed E-state index contributed by atoms with van der Waals surface area (Å²) in [5.41, 5.74) is 1.72. The first-order valence-corrected chi connectivity index (χ1v) is 12.1. The summed E-state index contributed by atoms with van der Waals surface area (Å²) in [7, 11) is 0. The van der Waals surface area contributed by atoms with Crippen molar-refractivity contribution < 1.29 is 25.7 Å². The molecule has 0 aromatic heterocycles. The van der Waals surface area contributed by atoms with Crippen molar-refractivity contribution in [3.8, 4) is 0 Å². The molecule has 5 aliphatic carbocycles. The Morgan fingerprint density at radius 3 is 2.38 bits per heavy atom. The summed E-state index contributed by atoms with van der Waals surface area (Å²) < 4.78 is 6.14. The molecule has 0 radical (unpaired) electrons. The SMILES string of the molecule is CC12CCC3C4CCC(=O)C=C4CCC3C1CCC2OC1(O)C(=O)c2ccccc2C1=O.[HH]. The molecule has 0 spiro atoms. The van der Waals surface area contributed by atoms with Crippen molar-refractivity contribution in [2.75, 3.05) is 0 Å². The van der Waals surface area contributed by atoms with Crippen molar-refractivity contribution in [1.82, 2.24) is 0 Å². The lowest BCUT2D eigenvalue weighted by molar-refractivity contribution is -0.194. The Balaban J connectivity index is 0.00000228. The highest BCUT2D eigenvalue weighted by atomic mass is 16.6. The summed E-state index contributed by atoms with van der Waals surface area (Å²) in [6.07, 6.45) is 9.16. The smallest absolute Gasteiger partial charge is 0.297 e. The Kier molecular flexibility index (Phi) is 4.45. The summed E-state index contributed by atoms with van der Waals surface area (Å²) in [5.74, 6) is -1.17. The number of carbonyl (C=O) groups excluding carboxylic acids is 3. The highest BCUT2D eigenvalue weighted by Crippen LogP contribution is 2.62. The van der Waals surface area contributed by atoms with Gasteiger partial charge in [0.1, 0.15) is 0 Å². The lowest BCUT2D eigenvalue weighted by atomic mass is 9.52. The van der Waals surface area contributed by atoms with E-state index in [0.29, 0.717) is 30.1 Å². The van der Waals surface area contributed by atoms with Gasteiger partial charge in [0.15, 0.2) is 5.78 Å². The van der Waals surface area contributed by atoms with E-state index in [1.807, 2.05) is 6.08 Å². The monoisotopic (exact) mass is 436 g/mol. The fourth-order valence-electron chi connectivity index (χ4n) is 7.99. The van der Waals surface area contributed by atoms with Gasteiger partial charge in [0.05, 0.1) is 6.10 Å². The molecule has 1 aromatic rings. The third-order valence-electron chi connectivity index (χ3n) is 9.56. The molecule has 6 rings (SSSR count). The van der Waals surface area contributed by atoms with Gasteiger partial charge in [-0.1, -0.05) is 36.8 Å². The van der Waals surface area contributed by atoms with Crippen LogP contribution >= 0.6 is 0 Å². The van der Waals surface area contributed by atoms with Crippen molar-refractivity contribution >= 4 is 17.3 Å². The number of Topliss-reactive ketones (excluding diaryl/α,β-unsaturated/α-hetero) is 2. The third-order valence-corrected chi connectivity index (χ3v) is 9.56. The molecule has 170 valence electrons. The van der Waals surface area contributed by atoms with Gasteiger partial charge in [-0.2, -0.15) is 0 Å². The first-order valence-electron chi connectivity index (χ1n) is 12.1. The van der Waals surface area contributed by atoms with Gasteiger partial charge in [0.25, 0.3) is 5.79 Å². The largest absolute Gasteiger partial charge is 0.353 e. The van der Waals surface area contributed by atoms with Crippen LogP contribution in [0.1, 0.15) is 80.4 Å². The number of fused-ring (bicyclic) bond motifs is 6. The Morgan fingerprint density at radius 1 is 0.938 bits per heavy atom. The molecule has 1 aromatic carbocycles. The average molecular weight is 437 g/mol. The van der Waals surface area contributed by atoms with E-state index in [0.717, 1.165) is 44.9 Å². The third kappa shape index (κ3) is 2.67. The van der Waals surface area contributed by atoms with Crippen molar-refractivity contribution in [1.29, 1.82) is 0 Å². The minimum absolute atomic E-state index is 0. The van der Waals surface area contributed by atoms with Crippen molar-refractivity contribution in [2.45, 2.75) is 70.2 Å². The lowest BCUT2D eigenvalue weighted by Crippen LogP contribution is -2.53. The van der Waals surface area contributed by atoms with Crippen molar-refractivity contribution in [3.05, 3.63) is 47.0 Å². The van der Waals surface area contributed by atoms with Crippen LogP contribution < -0.4 is 0 Å². The summed E-state index contributed by atoms with van der Waals surface area (Å²) in [4.78, 5) is 37.8. The van der Waals surface area contributed by atoms with E-state index in [1.165, 1.54) is 5.57 Å². The van der Waals surface area contributed by atoms with Gasteiger partial charge in [-0.25, -0.2) is 0 Å². The standard InChI is InChI=1S/C27H30O5.H2/c1-26-13-12-18-17-9-7-16(28)14-15(17)6-8-19(18)22(26)10-11-23(26)32-27(31)24(29)20-4-2-3-5-21(20)25(27)30;/h2-5,14,17-19,22-23,31H,6-13H2,1H3;1H. The van der Waals surface area contributed by atoms with Gasteiger partial charge in [-0.05, 0) is 80.1 Å². The maximum atomic E-state index is 13.0. The number of ketones is 3. The molecule has 5 aliphatic rings. The van der Waals surface area contributed by atoms with Crippen LogP contribution in [0.5, 0.6) is 0 Å². The van der Waals surface area contributed by atoms with E-state index in [9.17, 15) is 19.5 Å². The van der Waals surface area contributed by atoms with Crippen LogP contribution in [0.4, 0.5) is 0 Å². The maximum absolute atomic E-state index is 13.0. The van der Waals surface area contributed by atoms with Crippen LogP contribution in [0.2, 0.25) is 0 Å². The van der Waals surface area contributed by atoms with E-state index < -0.39 is 17.4 Å². The zero-order chi connectivity index (χ0) is 22.3. The molecule has 0 bridgehead atoms. The number of hydrogen-bond acceptors (Lipinski definition) is 5. The summed E-state index contributed by atoms with van der Waals surface area (Å²) in [6, 6.07) is 6.58. The number of carbonyl (C=O) groups is 3. The number of aliphatic hydroxyl groups is 1. The summed E-state index contributed by atoms with van der Waals surface area (Å²) in [6.45, 7) is 2.24. The molecular formula is C27H32O5. The van der Waals surface area contributed by atoms with E-state index in [-0.39, 0.29) is 29.9 Å². The molecule has 5 nitrogen and oxygen atoms in total. The van der Waals surface area contributed by atoms with Gasteiger partial charge < -0.3 is 9.84 Å². The molecule has 1 N–H and O–H groups in total. The van der Waals surface area contributed by atoms with Crippen LogP contribution in [0.25, 0.3) is 0 Å². The number of allylic oxidation sites excluding steroid dienone is 1. The fraction of sp³-hybridized carbons (Fsp3) is 0.593. The highest BCUT2D eigenvalue weighted by molar-refractivity contribution is 6.30. The summed E-state index contributed by atoms with van der Waals surface area (Å²) in [5, 5.41) is 11.2. The van der Waals surface area contributed by atoms with Gasteiger partial charge in [0.2, 0.25) is 11.6 Å². The zero-order valence-electron chi connectivity index (χ0n) is 18.5. The Hall–Kier alpha value is -2.11. The van der Waals surface area contributed by atoms with Crippen molar-refractivity contribution in [3.63, 3.8) is 0 Å². The molecule has 0 saturated heterocycles. The maximum Gasteiger partial charge on any atom is 0.297 e. The van der Waals surface area contributed by atoms with Crippen LogP contribution in [0.3, 0.4) is 0 Å². The van der Waals surface area contributed by atoms with E-state index in [1.54, 1.807) is 24.3 Å². The molecule has 6 atom stereocenters. The van der Waals surface area contributed by atoms with E-state index in [4.69, 9.17) is 4.74 Å². The number of benzene rings is 1. The van der Waals surface area contributed by atoms with Crippen LogP contribution in [0, 0.1) is 29.1 Å². The first-order chi connectivity index (χ1) is 15.3. The van der Waals surface area contributed by atoms with Gasteiger partial charge >= 0.3 is 0 Å². The molecule has 6 unspecified atom stereocenters. The molecule has 32 heavy (non-hydrogen) atoms. The molecule has 0 amide bonds. The van der Waals surface area contributed by atoms with Gasteiger partial charge in [-0.3, -0.25) is 14.4 Å². The Labute approximate surface area is 189 Å². The van der Waals surface area contributed by atoms with E-state index >= 15 is 0 Å². The second-order valence-electron chi connectivity index (χ2n) is 10.9. The van der Waals surface area contributed by atoms with Crippen LogP contribution in [0.15, 0.2) is 35.9 Å². The topological polar surface area (TPSA) is 80.7 Å². The normalized spacial score (nSPS) is 39.8. The molecule has 0 heterocycles. The molecule has 3 saturated carbocycles. The van der Waals surface area contributed by atoms with Gasteiger partial charge in [0, 0.05) is 19.0 Å². The first kappa shape index (κ1) is 20.5. The predicted octanol–water partition coefficient (Wildman–Crippen LogP) is 4.53. The highest BCUT2D eigenvalue weighted by Gasteiger charge is 2.61. The van der Waals surface area contributed by atoms with Crippen LogP contribution in [-0.2, 0) is 9.53 Å². The zero-order valence-corrected chi connectivity index (χ0v) is 18.5. The van der Waals surface area contributed by atoms with Gasteiger partial charge in [-0.15, -0.1) is 0 Å². The number of rotatable bonds is 2. The Morgan fingerprint density at radius 2 is 1.66 bits per heavy atom. The molecular weight excluding hydrogens is 404 g/mol. The average Bonchev–Trinajstić information content (AvgIpc) is 3.21. The predicted molar refractivity (Wildman–Crippen MR) is 119 cm³/mol. The summed E-state index contributed by atoms with van der Waals surface area (Å²) >= 11 is 0. The molecule has 5 heteroatoms. The minimum Gasteiger partial charge on any atom is -0.353 e.